The van der Waals surface area contributed by atoms with Crippen LogP contribution in [-0.2, 0) is 19.0 Å². The van der Waals surface area contributed by atoms with Gasteiger partial charge in [-0.2, -0.15) is 0 Å². The Balaban J connectivity index is 1.60. The van der Waals surface area contributed by atoms with Crippen LogP contribution in [-0.4, -0.2) is 31.9 Å². The van der Waals surface area contributed by atoms with E-state index in [4.69, 9.17) is 14.2 Å². The first-order valence-corrected chi connectivity index (χ1v) is 6.37. The molecule has 17 heavy (non-hydrogen) atoms. The second-order valence-corrected chi connectivity index (χ2v) is 5.23. The van der Waals surface area contributed by atoms with Gasteiger partial charge in [-0.25, -0.2) is 0 Å². The fourth-order valence-corrected chi connectivity index (χ4v) is 2.79. The van der Waals surface area contributed by atoms with Crippen molar-refractivity contribution in [1.29, 1.82) is 0 Å². The third-order valence-electron chi connectivity index (χ3n) is 3.91. The van der Waals surface area contributed by atoms with Crippen molar-refractivity contribution < 1.29 is 19.0 Å². The molecule has 0 amide bonds. The Morgan fingerprint density at radius 2 is 1.88 bits per heavy atom. The molecule has 0 aromatic rings. The Labute approximate surface area is 101 Å². The van der Waals surface area contributed by atoms with E-state index in [2.05, 4.69) is 6.08 Å². The van der Waals surface area contributed by atoms with Crippen LogP contribution in [0, 0.1) is 11.8 Å². The monoisotopic (exact) mass is 238 g/mol. The van der Waals surface area contributed by atoms with E-state index in [-0.39, 0.29) is 0 Å². The first kappa shape index (κ1) is 11.2. The minimum atomic E-state index is 0.443. The Bertz CT molecular complexity index is 317. The van der Waals surface area contributed by atoms with Crippen molar-refractivity contribution in [3.05, 3.63) is 11.8 Å². The SMILES string of the molecule is O=COC1=CCC(CC2CO2)C(CC2CO2)C1. The van der Waals surface area contributed by atoms with Crippen LogP contribution in [0.4, 0.5) is 0 Å². The van der Waals surface area contributed by atoms with Crippen LogP contribution in [0.5, 0.6) is 0 Å². The summed E-state index contributed by atoms with van der Waals surface area (Å²) < 4.78 is 15.6. The summed E-state index contributed by atoms with van der Waals surface area (Å²) in [5.41, 5.74) is 0. The number of carbonyl (C=O) groups is 1. The van der Waals surface area contributed by atoms with Gasteiger partial charge in [-0.3, -0.25) is 4.79 Å². The molecule has 4 atom stereocenters. The number of allylic oxidation sites excluding steroid dienone is 2. The maximum absolute atomic E-state index is 10.4. The predicted molar refractivity (Wildman–Crippen MR) is 60.2 cm³/mol. The van der Waals surface area contributed by atoms with E-state index in [0.29, 0.717) is 30.5 Å². The molecular formula is C13H18O4. The molecule has 0 radical (unpaired) electrons. The molecule has 0 aromatic heterocycles. The number of ether oxygens (including phenoxy) is 3. The van der Waals surface area contributed by atoms with Gasteiger partial charge in [-0.05, 0) is 37.2 Å². The summed E-state index contributed by atoms with van der Waals surface area (Å²) in [7, 11) is 0. The molecule has 0 aromatic carbocycles. The Morgan fingerprint density at radius 3 is 2.47 bits per heavy atom. The molecule has 0 bridgehead atoms. The van der Waals surface area contributed by atoms with Gasteiger partial charge in [0.05, 0.1) is 25.4 Å². The zero-order chi connectivity index (χ0) is 11.7. The first-order chi connectivity index (χ1) is 8.35. The molecule has 0 spiro atoms. The highest BCUT2D eigenvalue weighted by molar-refractivity contribution is 5.40. The smallest absolute Gasteiger partial charge is 0.298 e. The highest BCUT2D eigenvalue weighted by Gasteiger charge is 2.36. The van der Waals surface area contributed by atoms with E-state index in [1.807, 2.05) is 0 Å². The molecule has 4 nitrogen and oxygen atoms in total. The van der Waals surface area contributed by atoms with E-state index in [9.17, 15) is 4.79 Å². The zero-order valence-electron chi connectivity index (χ0n) is 9.84. The van der Waals surface area contributed by atoms with Gasteiger partial charge >= 0.3 is 0 Å². The predicted octanol–water partition coefficient (Wildman–Crippen LogP) is 1.65. The second-order valence-electron chi connectivity index (χ2n) is 5.23. The second kappa shape index (κ2) is 4.78. The van der Waals surface area contributed by atoms with E-state index < -0.39 is 0 Å². The molecule has 0 N–H and O–H groups in total. The van der Waals surface area contributed by atoms with E-state index in [1.54, 1.807) is 0 Å². The van der Waals surface area contributed by atoms with Gasteiger partial charge in [0.25, 0.3) is 6.47 Å². The van der Waals surface area contributed by atoms with Gasteiger partial charge in [0.2, 0.25) is 0 Å². The molecule has 3 aliphatic rings. The van der Waals surface area contributed by atoms with Crippen LogP contribution in [0.1, 0.15) is 25.7 Å². The van der Waals surface area contributed by atoms with Crippen LogP contribution in [0.2, 0.25) is 0 Å². The molecule has 94 valence electrons. The largest absolute Gasteiger partial charge is 0.434 e. The third-order valence-corrected chi connectivity index (χ3v) is 3.91. The van der Waals surface area contributed by atoms with Crippen molar-refractivity contribution in [3.63, 3.8) is 0 Å². The van der Waals surface area contributed by atoms with Gasteiger partial charge in [-0.15, -0.1) is 0 Å². The van der Waals surface area contributed by atoms with Gasteiger partial charge in [0.15, 0.2) is 0 Å². The fourth-order valence-electron chi connectivity index (χ4n) is 2.79. The Morgan fingerprint density at radius 1 is 1.24 bits per heavy atom. The summed E-state index contributed by atoms with van der Waals surface area (Å²) in [6.07, 6.45) is 7.09. The van der Waals surface area contributed by atoms with Gasteiger partial charge in [-0.1, -0.05) is 0 Å². The summed E-state index contributed by atoms with van der Waals surface area (Å²) in [6, 6.07) is 0. The Hall–Kier alpha value is -0.870. The Kier molecular flexibility index (Phi) is 3.16. The molecule has 3 rings (SSSR count). The molecule has 4 unspecified atom stereocenters. The number of hydrogen-bond acceptors (Lipinski definition) is 4. The van der Waals surface area contributed by atoms with Gasteiger partial charge in [0, 0.05) is 6.42 Å². The van der Waals surface area contributed by atoms with Gasteiger partial charge < -0.3 is 14.2 Å². The molecule has 2 aliphatic heterocycles. The minimum Gasteiger partial charge on any atom is -0.434 e. The maximum Gasteiger partial charge on any atom is 0.298 e. The summed E-state index contributed by atoms with van der Waals surface area (Å²) in [5.74, 6) is 2.07. The zero-order valence-corrected chi connectivity index (χ0v) is 9.84. The molecule has 1 aliphatic carbocycles. The number of hydrogen-bond donors (Lipinski definition) is 0. The normalized spacial score (nSPS) is 39.4. The minimum absolute atomic E-state index is 0.443. The lowest BCUT2D eigenvalue weighted by molar-refractivity contribution is -0.125. The molecular weight excluding hydrogens is 220 g/mol. The molecule has 4 heteroatoms. The summed E-state index contributed by atoms with van der Waals surface area (Å²) in [6.45, 7) is 2.35. The molecule has 2 fully saturated rings. The van der Waals surface area contributed by atoms with Crippen molar-refractivity contribution in [1.82, 2.24) is 0 Å². The van der Waals surface area contributed by atoms with Crippen molar-refractivity contribution in [2.24, 2.45) is 11.8 Å². The number of rotatable bonds is 6. The summed E-state index contributed by atoms with van der Waals surface area (Å²) in [4.78, 5) is 10.4. The lowest BCUT2D eigenvalue weighted by Gasteiger charge is -2.29. The van der Waals surface area contributed by atoms with Crippen LogP contribution < -0.4 is 0 Å². The summed E-state index contributed by atoms with van der Waals surface area (Å²) in [5, 5.41) is 0. The van der Waals surface area contributed by atoms with Gasteiger partial charge in [0.1, 0.15) is 5.76 Å². The standard InChI is InChI=1S/C13H18O4/c14-8-17-11-2-1-9(3-12-6-15-12)10(4-11)5-13-7-16-13/h2,8-10,12-13H,1,3-7H2. The first-order valence-electron chi connectivity index (χ1n) is 6.37. The number of epoxide rings is 2. The van der Waals surface area contributed by atoms with Crippen molar-refractivity contribution >= 4 is 6.47 Å². The van der Waals surface area contributed by atoms with E-state index in [1.165, 1.54) is 0 Å². The van der Waals surface area contributed by atoms with E-state index >= 15 is 0 Å². The fraction of sp³-hybridized carbons (Fsp3) is 0.769. The van der Waals surface area contributed by atoms with Crippen LogP contribution in [0.25, 0.3) is 0 Å². The lowest BCUT2D eigenvalue weighted by Crippen LogP contribution is -2.23. The summed E-state index contributed by atoms with van der Waals surface area (Å²) >= 11 is 0. The van der Waals surface area contributed by atoms with Crippen LogP contribution >= 0.6 is 0 Å². The average Bonchev–Trinajstić information content (AvgIpc) is 3.17. The maximum atomic E-state index is 10.4. The highest BCUT2D eigenvalue weighted by atomic mass is 16.6. The molecule has 2 saturated heterocycles. The van der Waals surface area contributed by atoms with E-state index in [0.717, 1.165) is 44.7 Å². The van der Waals surface area contributed by atoms with Crippen molar-refractivity contribution in [3.8, 4) is 0 Å². The molecule has 0 saturated carbocycles. The van der Waals surface area contributed by atoms with Crippen LogP contribution in [0.15, 0.2) is 11.8 Å². The van der Waals surface area contributed by atoms with Crippen LogP contribution in [0.3, 0.4) is 0 Å². The molecule has 2 heterocycles. The highest BCUT2D eigenvalue weighted by Crippen LogP contribution is 2.39. The van der Waals surface area contributed by atoms with Crippen molar-refractivity contribution in [2.45, 2.75) is 37.9 Å². The van der Waals surface area contributed by atoms with Crippen molar-refractivity contribution in [2.75, 3.05) is 13.2 Å². The third kappa shape index (κ3) is 3.07. The lowest BCUT2D eigenvalue weighted by atomic mass is 9.77. The number of carbonyl (C=O) groups excluding carboxylic acids is 1. The quantitative estimate of drug-likeness (QED) is 0.521. The average molecular weight is 238 g/mol. The topological polar surface area (TPSA) is 51.4 Å².